The lowest BCUT2D eigenvalue weighted by Crippen LogP contribution is -2.36. The molecule has 0 atom stereocenters. The molecule has 2 aromatic rings. The molecule has 0 bridgehead atoms. The highest BCUT2D eigenvalue weighted by Crippen LogP contribution is 2.38. The zero-order valence-electron chi connectivity index (χ0n) is 17.6. The third kappa shape index (κ3) is 4.48. The van der Waals surface area contributed by atoms with E-state index in [9.17, 15) is 14.4 Å². The van der Waals surface area contributed by atoms with Crippen LogP contribution in [0, 0.1) is 0 Å². The lowest BCUT2D eigenvalue weighted by atomic mass is 10.0. The average molecular weight is 435 g/mol. The minimum absolute atomic E-state index is 0.129. The van der Waals surface area contributed by atoms with Gasteiger partial charge >= 0.3 is 12.1 Å². The second-order valence-electron chi connectivity index (χ2n) is 7.03. The van der Waals surface area contributed by atoms with Gasteiger partial charge < -0.3 is 19.7 Å². The number of esters is 1. The summed E-state index contributed by atoms with van der Waals surface area (Å²) in [5.41, 5.74) is 1.43. The van der Waals surface area contributed by atoms with E-state index in [0.29, 0.717) is 36.7 Å². The molecule has 1 aliphatic heterocycles. The van der Waals surface area contributed by atoms with Gasteiger partial charge in [0.1, 0.15) is 5.00 Å². The summed E-state index contributed by atoms with van der Waals surface area (Å²) in [6.07, 6.45) is 1.83. The van der Waals surface area contributed by atoms with Crippen LogP contribution >= 0.6 is 11.3 Å². The molecule has 3 heterocycles. The number of rotatable bonds is 6. The van der Waals surface area contributed by atoms with Gasteiger partial charge in [-0.05, 0) is 45.7 Å². The third-order valence-corrected chi connectivity index (χ3v) is 5.79. The number of hydrogen-bond acceptors (Lipinski definition) is 7. The molecular weight excluding hydrogens is 408 g/mol. The molecular formula is C20H26N4O5S. The Labute approximate surface area is 178 Å². The number of amides is 2. The van der Waals surface area contributed by atoms with Crippen molar-refractivity contribution in [1.29, 1.82) is 0 Å². The monoisotopic (exact) mass is 434 g/mol. The van der Waals surface area contributed by atoms with Crippen molar-refractivity contribution in [3.63, 3.8) is 0 Å². The lowest BCUT2D eigenvalue weighted by Gasteiger charge is -2.26. The molecule has 0 spiro atoms. The second-order valence-corrected chi connectivity index (χ2v) is 8.13. The standard InChI is InChI=1S/C20H26N4O5S/c1-5-28-19(26)16-13-7-9-23(20(27)29-6-2)11-15(13)30-18(16)21-17(25)14-8-10-24(22-14)12(3)4/h8,10,12H,5-7,9,11H2,1-4H3,(H,21,25). The predicted octanol–water partition coefficient (Wildman–Crippen LogP) is 3.47. The van der Waals surface area contributed by atoms with E-state index in [0.717, 1.165) is 10.4 Å². The van der Waals surface area contributed by atoms with Gasteiger partial charge in [-0.3, -0.25) is 9.48 Å². The van der Waals surface area contributed by atoms with Gasteiger partial charge in [0.25, 0.3) is 5.91 Å². The SMILES string of the molecule is CCOC(=O)c1c(NC(=O)c2ccn(C(C)C)n2)sc2c1CCN(C(=O)OCC)C2. The molecule has 0 aromatic carbocycles. The Morgan fingerprint density at radius 3 is 2.60 bits per heavy atom. The maximum Gasteiger partial charge on any atom is 0.410 e. The fourth-order valence-corrected chi connectivity index (χ4v) is 4.44. The molecule has 0 unspecified atom stereocenters. The molecule has 0 aliphatic carbocycles. The second kappa shape index (κ2) is 9.29. The highest BCUT2D eigenvalue weighted by atomic mass is 32.1. The van der Waals surface area contributed by atoms with Crippen molar-refractivity contribution in [3.05, 3.63) is 34.0 Å². The fraction of sp³-hybridized carbons (Fsp3) is 0.500. The minimum Gasteiger partial charge on any atom is -0.462 e. The molecule has 0 radical (unpaired) electrons. The maximum absolute atomic E-state index is 12.7. The van der Waals surface area contributed by atoms with Crippen LogP contribution in [-0.4, -0.2) is 52.4 Å². The van der Waals surface area contributed by atoms with Crippen LogP contribution in [0.2, 0.25) is 0 Å². The molecule has 0 fully saturated rings. The Balaban J connectivity index is 1.88. The Morgan fingerprint density at radius 2 is 1.97 bits per heavy atom. The van der Waals surface area contributed by atoms with Crippen molar-refractivity contribution < 1.29 is 23.9 Å². The number of anilines is 1. The van der Waals surface area contributed by atoms with Crippen LogP contribution in [0.25, 0.3) is 0 Å². The van der Waals surface area contributed by atoms with Crippen molar-refractivity contribution in [2.45, 2.75) is 46.7 Å². The highest BCUT2D eigenvalue weighted by molar-refractivity contribution is 7.17. The first-order valence-corrected chi connectivity index (χ1v) is 10.8. The first-order chi connectivity index (χ1) is 14.3. The normalized spacial score (nSPS) is 13.2. The van der Waals surface area contributed by atoms with Crippen LogP contribution in [0.4, 0.5) is 9.80 Å². The van der Waals surface area contributed by atoms with Crippen LogP contribution in [0.15, 0.2) is 12.3 Å². The van der Waals surface area contributed by atoms with Crippen molar-refractivity contribution in [2.75, 3.05) is 25.1 Å². The highest BCUT2D eigenvalue weighted by Gasteiger charge is 2.31. The van der Waals surface area contributed by atoms with Crippen LogP contribution in [0.1, 0.15) is 65.0 Å². The fourth-order valence-electron chi connectivity index (χ4n) is 3.20. The number of carbonyl (C=O) groups is 3. The summed E-state index contributed by atoms with van der Waals surface area (Å²) in [4.78, 5) is 39.9. The zero-order valence-corrected chi connectivity index (χ0v) is 18.4. The first kappa shape index (κ1) is 21.8. The summed E-state index contributed by atoms with van der Waals surface area (Å²) >= 11 is 1.27. The van der Waals surface area contributed by atoms with Gasteiger partial charge in [-0.1, -0.05) is 0 Å². The molecule has 3 rings (SSSR count). The van der Waals surface area contributed by atoms with Crippen LogP contribution in [0.5, 0.6) is 0 Å². The summed E-state index contributed by atoms with van der Waals surface area (Å²) < 4.78 is 12.0. The van der Waals surface area contributed by atoms with Gasteiger partial charge in [0, 0.05) is 23.7 Å². The topological polar surface area (TPSA) is 103 Å². The van der Waals surface area contributed by atoms with Crippen molar-refractivity contribution in [3.8, 4) is 0 Å². The Morgan fingerprint density at radius 1 is 1.23 bits per heavy atom. The van der Waals surface area contributed by atoms with Gasteiger partial charge in [0.05, 0.1) is 25.3 Å². The van der Waals surface area contributed by atoms with Gasteiger partial charge in [0.15, 0.2) is 5.69 Å². The molecule has 1 aliphatic rings. The van der Waals surface area contributed by atoms with Crippen LogP contribution in [-0.2, 0) is 22.4 Å². The molecule has 0 saturated carbocycles. The van der Waals surface area contributed by atoms with Gasteiger partial charge in [-0.15, -0.1) is 11.3 Å². The molecule has 9 nitrogen and oxygen atoms in total. The number of fused-ring (bicyclic) bond motifs is 1. The summed E-state index contributed by atoms with van der Waals surface area (Å²) in [5, 5.41) is 7.50. The molecule has 2 amide bonds. The summed E-state index contributed by atoms with van der Waals surface area (Å²) in [7, 11) is 0. The molecule has 162 valence electrons. The van der Waals surface area contributed by atoms with E-state index < -0.39 is 11.9 Å². The zero-order chi connectivity index (χ0) is 21.8. The molecule has 30 heavy (non-hydrogen) atoms. The van der Waals surface area contributed by atoms with E-state index >= 15 is 0 Å². The van der Waals surface area contributed by atoms with E-state index in [2.05, 4.69) is 10.4 Å². The van der Waals surface area contributed by atoms with Crippen LogP contribution < -0.4 is 5.32 Å². The average Bonchev–Trinajstić information content (AvgIpc) is 3.32. The van der Waals surface area contributed by atoms with E-state index in [1.54, 1.807) is 35.7 Å². The summed E-state index contributed by atoms with van der Waals surface area (Å²) in [6, 6.07) is 1.76. The quantitative estimate of drug-likeness (QED) is 0.699. The minimum atomic E-state index is -0.484. The number of carbonyl (C=O) groups excluding carboxylic acids is 3. The summed E-state index contributed by atoms with van der Waals surface area (Å²) in [5.74, 6) is -0.886. The smallest absolute Gasteiger partial charge is 0.410 e. The van der Waals surface area contributed by atoms with E-state index in [1.807, 2.05) is 13.8 Å². The summed E-state index contributed by atoms with van der Waals surface area (Å²) in [6.45, 7) is 8.70. The molecule has 0 saturated heterocycles. The third-order valence-electron chi connectivity index (χ3n) is 4.66. The Bertz CT molecular complexity index is 949. The first-order valence-electron chi connectivity index (χ1n) is 9.95. The van der Waals surface area contributed by atoms with Crippen molar-refractivity contribution >= 4 is 34.3 Å². The molecule has 10 heteroatoms. The lowest BCUT2D eigenvalue weighted by molar-refractivity contribution is 0.0526. The van der Waals surface area contributed by atoms with E-state index in [4.69, 9.17) is 9.47 Å². The number of nitrogens with zero attached hydrogens (tertiary/aromatic N) is 3. The van der Waals surface area contributed by atoms with Crippen molar-refractivity contribution in [2.24, 2.45) is 0 Å². The number of thiophene rings is 1. The number of ether oxygens (including phenoxy) is 2. The number of nitrogens with one attached hydrogen (secondary N) is 1. The maximum atomic E-state index is 12.7. The van der Waals surface area contributed by atoms with E-state index in [-0.39, 0.29) is 24.4 Å². The predicted molar refractivity (Wildman–Crippen MR) is 112 cm³/mol. The molecule has 2 aromatic heterocycles. The van der Waals surface area contributed by atoms with Gasteiger partial charge in [0.2, 0.25) is 0 Å². The Kier molecular flexibility index (Phi) is 6.76. The number of hydrogen-bond donors (Lipinski definition) is 1. The van der Waals surface area contributed by atoms with Crippen LogP contribution in [0.3, 0.4) is 0 Å². The van der Waals surface area contributed by atoms with Gasteiger partial charge in [-0.25, -0.2) is 9.59 Å². The van der Waals surface area contributed by atoms with Crippen molar-refractivity contribution in [1.82, 2.24) is 14.7 Å². The van der Waals surface area contributed by atoms with E-state index in [1.165, 1.54) is 11.3 Å². The largest absolute Gasteiger partial charge is 0.462 e. The Hall–Kier alpha value is -2.88. The number of aromatic nitrogens is 2. The van der Waals surface area contributed by atoms with Gasteiger partial charge in [-0.2, -0.15) is 5.10 Å². The molecule has 1 N–H and O–H groups in total.